The molecule has 0 amide bonds. The molecule has 0 heterocycles. The lowest BCUT2D eigenvalue weighted by atomic mass is 10.1. The Kier molecular flexibility index (Phi) is 7.62. The van der Waals surface area contributed by atoms with Gasteiger partial charge >= 0.3 is 11.9 Å². The first kappa shape index (κ1) is 24.9. The van der Waals surface area contributed by atoms with Crippen LogP contribution in [0.2, 0.25) is 0 Å². The number of Topliss-reactive ketones (excluding diaryl/α,β-unsaturated/α-hetero) is 1. The van der Waals surface area contributed by atoms with Crippen LogP contribution in [0.3, 0.4) is 0 Å². The summed E-state index contributed by atoms with van der Waals surface area (Å²) < 4.78 is 10.4. The molecule has 0 radical (unpaired) electrons. The second kappa shape index (κ2) is 11.0. The molecule has 0 aliphatic rings. The zero-order valence-electron chi connectivity index (χ0n) is 20.0. The summed E-state index contributed by atoms with van der Waals surface area (Å²) >= 11 is 0. The lowest BCUT2D eigenvalue weighted by Crippen LogP contribution is -2.28. The summed E-state index contributed by atoms with van der Waals surface area (Å²) in [6.07, 6.45) is 0. The van der Waals surface area contributed by atoms with Gasteiger partial charge in [-0.05, 0) is 46.8 Å². The first-order valence-corrected chi connectivity index (χ1v) is 13.2. The highest BCUT2D eigenvalue weighted by atomic mass is 31.2. The van der Waals surface area contributed by atoms with Crippen molar-refractivity contribution in [3.05, 3.63) is 115 Å². The maximum absolute atomic E-state index is 13.9. The molecule has 0 spiro atoms. The van der Waals surface area contributed by atoms with Gasteiger partial charge in [0, 0.05) is 19.4 Å². The quantitative estimate of drug-likeness (QED) is 0.163. The van der Waals surface area contributed by atoms with Gasteiger partial charge in [0.2, 0.25) is 0 Å². The van der Waals surface area contributed by atoms with E-state index in [1.165, 1.54) is 26.0 Å². The summed E-state index contributed by atoms with van der Waals surface area (Å²) in [5.41, 5.74) is 0.314. The first-order valence-electron chi connectivity index (χ1n) is 11.4. The van der Waals surface area contributed by atoms with Crippen LogP contribution in [0.4, 0.5) is 0 Å². The molecular weight excluding hydrogens is 471 g/mol. The van der Waals surface area contributed by atoms with Gasteiger partial charge in [-0.2, -0.15) is 0 Å². The van der Waals surface area contributed by atoms with E-state index in [0.717, 1.165) is 15.9 Å². The van der Waals surface area contributed by atoms with E-state index in [0.29, 0.717) is 5.56 Å². The van der Waals surface area contributed by atoms with Crippen LogP contribution in [0, 0.1) is 0 Å². The van der Waals surface area contributed by atoms with Crippen molar-refractivity contribution < 1.29 is 23.9 Å². The van der Waals surface area contributed by atoms with Crippen LogP contribution in [0.15, 0.2) is 109 Å². The molecule has 0 aliphatic heterocycles. The maximum Gasteiger partial charge on any atom is 0.308 e. The molecule has 0 fully saturated rings. The predicted molar refractivity (Wildman–Crippen MR) is 145 cm³/mol. The Morgan fingerprint density at radius 1 is 0.583 bits per heavy atom. The van der Waals surface area contributed by atoms with Crippen LogP contribution >= 0.6 is 6.89 Å². The van der Waals surface area contributed by atoms with E-state index in [-0.39, 0.29) is 17.3 Å². The van der Waals surface area contributed by atoms with Gasteiger partial charge in [0.05, 0.1) is 0 Å². The van der Waals surface area contributed by atoms with E-state index >= 15 is 0 Å². The van der Waals surface area contributed by atoms with Gasteiger partial charge in [0.1, 0.15) is 0 Å². The predicted octanol–water partition coefficient (Wildman–Crippen LogP) is 4.52. The molecule has 0 saturated heterocycles. The number of esters is 2. The number of benzene rings is 4. The molecule has 180 valence electrons. The highest BCUT2D eigenvalue weighted by Crippen LogP contribution is 2.44. The summed E-state index contributed by atoms with van der Waals surface area (Å²) in [5.74, 6) is 0.505. The third kappa shape index (κ3) is 5.37. The minimum atomic E-state index is -2.52. The van der Waals surface area contributed by atoms with Gasteiger partial charge in [-0.15, -0.1) is 0 Å². The highest BCUT2D eigenvalue weighted by molar-refractivity contribution is 7.95. The van der Waals surface area contributed by atoms with Crippen molar-refractivity contribution in [1.29, 1.82) is 0 Å². The molecule has 4 aromatic carbocycles. The van der Waals surface area contributed by atoms with E-state index in [1.54, 1.807) is 11.9 Å². The van der Waals surface area contributed by atoms with Crippen LogP contribution in [0.5, 0.6) is 11.5 Å². The van der Waals surface area contributed by atoms with Crippen molar-refractivity contribution in [2.45, 2.75) is 13.8 Å². The smallest absolute Gasteiger partial charge is 0.308 e. The monoisotopic (exact) mass is 496 g/mol. The van der Waals surface area contributed by atoms with Crippen molar-refractivity contribution in [3.63, 3.8) is 0 Å². The van der Waals surface area contributed by atoms with Crippen molar-refractivity contribution >= 4 is 46.3 Å². The Morgan fingerprint density at radius 3 is 1.42 bits per heavy atom. The van der Waals surface area contributed by atoms with Crippen LogP contribution in [-0.2, 0) is 9.59 Å². The fourth-order valence-electron chi connectivity index (χ4n) is 4.05. The Morgan fingerprint density at radius 2 is 1.00 bits per heavy atom. The number of carbonyl (C=O) groups is 3. The summed E-state index contributed by atoms with van der Waals surface area (Å²) in [4.78, 5) is 37.0. The molecule has 36 heavy (non-hydrogen) atoms. The van der Waals surface area contributed by atoms with E-state index in [1.807, 2.05) is 91.0 Å². The van der Waals surface area contributed by atoms with Gasteiger partial charge in [-0.1, -0.05) is 91.0 Å². The highest BCUT2D eigenvalue weighted by Gasteiger charge is 2.27. The van der Waals surface area contributed by atoms with E-state index in [2.05, 4.69) is 0 Å². The molecule has 6 heteroatoms. The molecule has 0 N–H and O–H groups in total. The van der Waals surface area contributed by atoms with Crippen molar-refractivity contribution in [2.24, 2.45) is 0 Å². The topological polar surface area (TPSA) is 69.7 Å². The van der Waals surface area contributed by atoms with Crippen LogP contribution in [-0.4, -0.2) is 23.5 Å². The maximum atomic E-state index is 13.9. The number of carbonyl (C=O) groups excluding carboxylic acids is 3. The fraction of sp³-hybridized carbons (Fsp3) is 0.0667. The molecular formula is C30H25O5P. The fourth-order valence-corrected chi connectivity index (χ4v) is 7.82. The lowest BCUT2D eigenvalue weighted by Gasteiger charge is -2.28. The minimum Gasteiger partial charge on any atom is -0.423 e. The van der Waals surface area contributed by atoms with Crippen molar-refractivity contribution in [2.75, 3.05) is 0 Å². The molecule has 5 nitrogen and oxygen atoms in total. The molecule has 0 aliphatic carbocycles. The molecule has 0 saturated carbocycles. The number of ketones is 1. The first-order chi connectivity index (χ1) is 17.4. The number of ether oxygens (including phenoxy) is 2. The number of hydrogen-bond donors (Lipinski definition) is 0. The van der Waals surface area contributed by atoms with Gasteiger partial charge < -0.3 is 9.47 Å². The Labute approximate surface area is 210 Å². The zero-order chi connectivity index (χ0) is 25.5. The second-order valence-electron chi connectivity index (χ2n) is 8.07. The average molecular weight is 496 g/mol. The SMILES string of the molecule is CC(=O)Oc1ccc(C(=O)C=P(c2ccccc2)(c2ccccc2)c2ccccc2)cc1OC(C)=O. The van der Waals surface area contributed by atoms with E-state index < -0.39 is 18.8 Å². The zero-order valence-corrected chi connectivity index (χ0v) is 20.9. The second-order valence-corrected chi connectivity index (χ2v) is 11.3. The van der Waals surface area contributed by atoms with Crippen molar-refractivity contribution in [1.82, 2.24) is 0 Å². The molecule has 0 unspecified atom stereocenters. The average Bonchev–Trinajstić information content (AvgIpc) is 2.89. The van der Waals surface area contributed by atoms with Crippen LogP contribution in [0.25, 0.3) is 0 Å². The lowest BCUT2D eigenvalue weighted by molar-refractivity contribution is -0.134. The van der Waals surface area contributed by atoms with E-state index in [9.17, 15) is 14.4 Å². The summed E-state index contributed by atoms with van der Waals surface area (Å²) in [6, 6.07) is 34.5. The molecule has 0 atom stereocenters. The summed E-state index contributed by atoms with van der Waals surface area (Å²) in [5, 5.41) is 3.10. The van der Waals surface area contributed by atoms with Gasteiger partial charge in [-0.25, -0.2) is 0 Å². The Balaban J connectivity index is 1.97. The third-order valence-electron chi connectivity index (χ3n) is 5.54. The van der Waals surface area contributed by atoms with Crippen LogP contribution in [0.1, 0.15) is 24.2 Å². The van der Waals surface area contributed by atoms with E-state index in [4.69, 9.17) is 9.47 Å². The third-order valence-corrected chi connectivity index (χ3v) is 9.50. The largest absolute Gasteiger partial charge is 0.423 e. The Hall–Kier alpha value is -4.21. The molecule has 4 aromatic rings. The number of rotatable bonds is 7. The molecule has 0 bridgehead atoms. The molecule has 0 aromatic heterocycles. The normalized spacial score (nSPS) is 10.8. The van der Waals surface area contributed by atoms with Gasteiger partial charge in [0.25, 0.3) is 0 Å². The molecule has 4 rings (SSSR count). The van der Waals surface area contributed by atoms with Gasteiger partial charge in [0.15, 0.2) is 17.3 Å². The summed E-state index contributed by atoms with van der Waals surface area (Å²) in [6.45, 7) is -0.0218. The standard InChI is InChI=1S/C30H25O5P/c1-22(31)34-29-19-18-24(20-30(29)35-23(2)32)28(33)21-36(25-12-6-3-7-13-25,26-14-8-4-9-15-26)27-16-10-5-11-17-27/h3-21H,1-2H3. The minimum absolute atomic E-state index is 0.0139. The number of hydrogen-bond acceptors (Lipinski definition) is 5. The summed E-state index contributed by atoms with van der Waals surface area (Å²) in [7, 11) is 0. The van der Waals surface area contributed by atoms with Crippen molar-refractivity contribution in [3.8, 4) is 11.5 Å². The van der Waals surface area contributed by atoms with Crippen LogP contribution < -0.4 is 25.4 Å². The van der Waals surface area contributed by atoms with Gasteiger partial charge in [-0.3, -0.25) is 14.4 Å². The Bertz CT molecular complexity index is 1340.